The van der Waals surface area contributed by atoms with E-state index in [9.17, 15) is 0 Å². The number of rotatable bonds is 7. The molecule has 0 radical (unpaired) electrons. The number of aryl methyl sites for hydroxylation is 1. The summed E-state index contributed by atoms with van der Waals surface area (Å²) in [6.45, 7) is 5.81. The molecule has 20 heavy (non-hydrogen) atoms. The Balaban J connectivity index is 2.07. The number of aromatic nitrogens is 2. The van der Waals surface area contributed by atoms with Gasteiger partial charge >= 0.3 is 0 Å². The Morgan fingerprint density at radius 2 is 2.00 bits per heavy atom. The zero-order valence-corrected chi connectivity index (χ0v) is 12.5. The quantitative estimate of drug-likeness (QED) is 0.788. The van der Waals surface area contributed by atoms with Gasteiger partial charge in [0, 0.05) is 18.3 Å². The molecule has 0 saturated heterocycles. The minimum atomic E-state index is 0.781. The summed E-state index contributed by atoms with van der Waals surface area (Å²) >= 11 is 0. The first-order valence-electron chi connectivity index (χ1n) is 7.17. The first kappa shape index (κ1) is 14.6. The standard InChI is InChI=1S/C16H23N3O/c1-4-5-10-20-16-8-6-15(7-9-16)19-12-14(11-17-3)13(2)18-19/h6-9,12,17H,4-5,10-11H2,1-3H3. The summed E-state index contributed by atoms with van der Waals surface area (Å²) in [5.41, 5.74) is 3.33. The highest BCUT2D eigenvalue weighted by molar-refractivity contribution is 5.37. The first-order chi connectivity index (χ1) is 9.74. The SMILES string of the molecule is CCCCOc1ccc(-n2cc(CNC)c(C)n2)cc1. The number of unbranched alkanes of at least 4 members (excludes halogenated alkanes) is 1. The minimum absolute atomic E-state index is 0.781. The first-order valence-corrected chi connectivity index (χ1v) is 7.17. The Hall–Kier alpha value is -1.81. The van der Waals surface area contributed by atoms with Crippen LogP contribution < -0.4 is 10.1 Å². The van der Waals surface area contributed by atoms with Gasteiger partial charge in [-0.1, -0.05) is 13.3 Å². The Labute approximate surface area is 120 Å². The molecule has 4 nitrogen and oxygen atoms in total. The molecule has 0 aliphatic carbocycles. The number of nitrogens with one attached hydrogen (secondary N) is 1. The molecule has 1 aromatic heterocycles. The molecule has 4 heteroatoms. The number of ether oxygens (including phenoxy) is 1. The van der Waals surface area contributed by atoms with Gasteiger partial charge in [-0.05, 0) is 44.7 Å². The molecule has 0 aliphatic heterocycles. The lowest BCUT2D eigenvalue weighted by Crippen LogP contribution is -2.05. The summed E-state index contributed by atoms with van der Waals surface area (Å²) in [6.07, 6.45) is 4.31. The molecule has 0 unspecified atom stereocenters. The van der Waals surface area contributed by atoms with E-state index in [0.29, 0.717) is 0 Å². The Bertz CT molecular complexity index is 531. The molecule has 0 aliphatic rings. The van der Waals surface area contributed by atoms with E-state index in [-0.39, 0.29) is 0 Å². The van der Waals surface area contributed by atoms with Crippen molar-refractivity contribution in [3.05, 3.63) is 41.7 Å². The lowest BCUT2D eigenvalue weighted by Gasteiger charge is -2.06. The molecule has 0 bridgehead atoms. The summed E-state index contributed by atoms with van der Waals surface area (Å²) in [5, 5.41) is 7.69. The van der Waals surface area contributed by atoms with E-state index in [1.165, 1.54) is 5.56 Å². The zero-order valence-electron chi connectivity index (χ0n) is 12.5. The van der Waals surface area contributed by atoms with Crippen molar-refractivity contribution in [2.75, 3.05) is 13.7 Å². The van der Waals surface area contributed by atoms with Gasteiger partial charge in [0.2, 0.25) is 0 Å². The molecule has 0 fully saturated rings. The van der Waals surface area contributed by atoms with Crippen LogP contribution in [0.5, 0.6) is 5.75 Å². The van der Waals surface area contributed by atoms with E-state index in [4.69, 9.17) is 4.74 Å². The molecule has 0 spiro atoms. The van der Waals surface area contributed by atoms with Crippen LogP contribution >= 0.6 is 0 Å². The van der Waals surface area contributed by atoms with Gasteiger partial charge in [0.1, 0.15) is 5.75 Å². The van der Waals surface area contributed by atoms with Crippen LogP contribution in [0.25, 0.3) is 5.69 Å². The predicted octanol–water partition coefficient (Wildman–Crippen LogP) is 3.08. The van der Waals surface area contributed by atoms with Crippen LogP contribution in [-0.2, 0) is 6.54 Å². The van der Waals surface area contributed by atoms with Gasteiger partial charge in [-0.25, -0.2) is 4.68 Å². The van der Waals surface area contributed by atoms with Crippen LogP contribution in [0.1, 0.15) is 31.0 Å². The van der Waals surface area contributed by atoms with Gasteiger partial charge in [0.05, 0.1) is 18.0 Å². The van der Waals surface area contributed by atoms with Crippen LogP contribution in [0.4, 0.5) is 0 Å². The highest BCUT2D eigenvalue weighted by Crippen LogP contribution is 2.17. The molecule has 108 valence electrons. The number of nitrogens with zero attached hydrogens (tertiary/aromatic N) is 2. The maximum absolute atomic E-state index is 5.67. The fourth-order valence-corrected chi connectivity index (χ4v) is 2.02. The fraction of sp³-hybridized carbons (Fsp3) is 0.438. The van der Waals surface area contributed by atoms with Crippen LogP contribution in [0.15, 0.2) is 30.5 Å². The molecular formula is C16H23N3O. The summed E-state index contributed by atoms with van der Waals surface area (Å²) in [4.78, 5) is 0. The summed E-state index contributed by atoms with van der Waals surface area (Å²) in [6, 6.07) is 8.08. The van der Waals surface area contributed by atoms with Crippen molar-refractivity contribution in [3.8, 4) is 11.4 Å². The Morgan fingerprint density at radius 1 is 1.25 bits per heavy atom. The lowest BCUT2D eigenvalue weighted by molar-refractivity contribution is 0.309. The average molecular weight is 273 g/mol. The maximum atomic E-state index is 5.67. The monoisotopic (exact) mass is 273 g/mol. The third-order valence-corrected chi connectivity index (χ3v) is 3.24. The van der Waals surface area contributed by atoms with Gasteiger partial charge in [-0.15, -0.1) is 0 Å². The third kappa shape index (κ3) is 3.61. The third-order valence-electron chi connectivity index (χ3n) is 3.24. The van der Waals surface area contributed by atoms with Crippen molar-refractivity contribution in [2.24, 2.45) is 0 Å². The number of benzene rings is 1. The van der Waals surface area contributed by atoms with Crippen molar-refractivity contribution >= 4 is 0 Å². The van der Waals surface area contributed by atoms with E-state index < -0.39 is 0 Å². The van der Waals surface area contributed by atoms with Crippen LogP contribution in [0.3, 0.4) is 0 Å². The van der Waals surface area contributed by atoms with Gasteiger partial charge in [0.15, 0.2) is 0 Å². The van der Waals surface area contributed by atoms with E-state index in [1.807, 2.05) is 42.9 Å². The lowest BCUT2D eigenvalue weighted by atomic mass is 10.2. The molecule has 1 N–H and O–H groups in total. The highest BCUT2D eigenvalue weighted by Gasteiger charge is 2.05. The van der Waals surface area contributed by atoms with Crippen molar-refractivity contribution in [1.29, 1.82) is 0 Å². The zero-order chi connectivity index (χ0) is 14.4. The second-order valence-corrected chi connectivity index (χ2v) is 4.91. The minimum Gasteiger partial charge on any atom is -0.494 e. The largest absolute Gasteiger partial charge is 0.494 e. The molecule has 1 heterocycles. The molecule has 0 atom stereocenters. The smallest absolute Gasteiger partial charge is 0.119 e. The number of hydrogen-bond acceptors (Lipinski definition) is 3. The van der Waals surface area contributed by atoms with Gasteiger partial charge in [0.25, 0.3) is 0 Å². The van der Waals surface area contributed by atoms with Crippen LogP contribution in [0, 0.1) is 6.92 Å². The Kier molecular flexibility index (Phi) is 5.18. The fourth-order valence-electron chi connectivity index (χ4n) is 2.02. The molecular weight excluding hydrogens is 250 g/mol. The molecule has 0 amide bonds. The summed E-state index contributed by atoms with van der Waals surface area (Å²) < 4.78 is 7.58. The maximum Gasteiger partial charge on any atom is 0.119 e. The van der Waals surface area contributed by atoms with Crippen molar-refractivity contribution in [3.63, 3.8) is 0 Å². The topological polar surface area (TPSA) is 39.1 Å². The van der Waals surface area contributed by atoms with Crippen molar-refractivity contribution in [1.82, 2.24) is 15.1 Å². The van der Waals surface area contributed by atoms with Crippen LogP contribution in [-0.4, -0.2) is 23.4 Å². The van der Waals surface area contributed by atoms with E-state index in [2.05, 4.69) is 23.5 Å². The second-order valence-electron chi connectivity index (χ2n) is 4.91. The van der Waals surface area contributed by atoms with Gasteiger partial charge in [-0.2, -0.15) is 5.10 Å². The van der Waals surface area contributed by atoms with Crippen molar-refractivity contribution in [2.45, 2.75) is 33.2 Å². The second kappa shape index (κ2) is 7.10. The van der Waals surface area contributed by atoms with Gasteiger partial charge < -0.3 is 10.1 Å². The van der Waals surface area contributed by atoms with E-state index in [0.717, 1.165) is 43.1 Å². The molecule has 0 saturated carbocycles. The van der Waals surface area contributed by atoms with Crippen LogP contribution in [0.2, 0.25) is 0 Å². The molecule has 1 aromatic carbocycles. The summed E-state index contributed by atoms with van der Waals surface area (Å²) in [7, 11) is 1.94. The average Bonchev–Trinajstić information content (AvgIpc) is 2.82. The summed E-state index contributed by atoms with van der Waals surface area (Å²) in [5.74, 6) is 0.918. The van der Waals surface area contributed by atoms with Crippen molar-refractivity contribution < 1.29 is 4.74 Å². The normalized spacial score (nSPS) is 10.8. The van der Waals surface area contributed by atoms with E-state index >= 15 is 0 Å². The predicted molar refractivity (Wildman–Crippen MR) is 81.5 cm³/mol. The number of hydrogen-bond donors (Lipinski definition) is 1. The highest BCUT2D eigenvalue weighted by atomic mass is 16.5. The van der Waals surface area contributed by atoms with E-state index in [1.54, 1.807) is 0 Å². The molecule has 2 rings (SSSR count). The Morgan fingerprint density at radius 3 is 2.65 bits per heavy atom. The van der Waals surface area contributed by atoms with Gasteiger partial charge in [-0.3, -0.25) is 0 Å². The molecule has 2 aromatic rings.